The summed E-state index contributed by atoms with van der Waals surface area (Å²) in [4.78, 5) is 0. The molecule has 0 aliphatic heterocycles. The molecule has 106 valence electrons. The summed E-state index contributed by atoms with van der Waals surface area (Å²) in [5.41, 5.74) is 0.765. The fraction of sp³-hybridized carbons (Fsp3) is 0.333. The fourth-order valence-electron chi connectivity index (χ4n) is 1.85. The van der Waals surface area contributed by atoms with Crippen LogP contribution >= 0.6 is 11.8 Å². The lowest BCUT2D eigenvalue weighted by Gasteiger charge is -2.25. The maximum Gasteiger partial charge on any atom is 0.148 e. The molecule has 0 amide bonds. The molecule has 2 aromatic rings. The van der Waals surface area contributed by atoms with Crippen LogP contribution in [-0.2, 0) is 5.41 Å². The Morgan fingerprint density at radius 3 is 2.60 bits per heavy atom. The summed E-state index contributed by atoms with van der Waals surface area (Å²) in [6, 6.07) is 10.5. The topological polar surface area (TPSA) is 37.8 Å². The monoisotopic (exact) mass is 291 g/mol. The lowest BCUT2D eigenvalue weighted by Crippen LogP contribution is -2.28. The normalized spacial score (nSPS) is 11.4. The molecule has 1 aromatic heterocycles. The molecular formula is C15H18FN3S. The number of aromatic nitrogens is 2. The van der Waals surface area contributed by atoms with Crippen molar-refractivity contribution in [2.75, 3.05) is 18.1 Å². The predicted octanol–water partition coefficient (Wildman–Crippen LogP) is 3.73. The van der Waals surface area contributed by atoms with Gasteiger partial charge in [0.25, 0.3) is 0 Å². The van der Waals surface area contributed by atoms with Gasteiger partial charge in [-0.25, -0.2) is 4.39 Å². The van der Waals surface area contributed by atoms with Gasteiger partial charge in [-0.2, -0.15) is 0 Å². The van der Waals surface area contributed by atoms with Gasteiger partial charge in [0, 0.05) is 12.0 Å². The van der Waals surface area contributed by atoms with E-state index in [4.69, 9.17) is 0 Å². The summed E-state index contributed by atoms with van der Waals surface area (Å²) in [5, 5.41) is 12.3. The van der Waals surface area contributed by atoms with Gasteiger partial charge in [0.2, 0.25) is 0 Å². The van der Waals surface area contributed by atoms with Gasteiger partial charge in [0.05, 0.1) is 0 Å². The first kappa shape index (κ1) is 14.8. The van der Waals surface area contributed by atoms with Crippen LogP contribution < -0.4 is 5.32 Å². The molecule has 0 aliphatic rings. The Kier molecular flexibility index (Phi) is 4.60. The summed E-state index contributed by atoms with van der Waals surface area (Å²) in [5.74, 6) is 0.520. The molecule has 1 N–H and O–H groups in total. The van der Waals surface area contributed by atoms with Crippen molar-refractivity contribution in [1.29, 1.82) is 0 Å². The maximum atomic E-state index is 13.3. The van der Waals surface area contributed by atoms with E-state index in [9.17, 15) is 4.39 Å². The number of halogens is 1. The molecule has 0 aliphatic carbocycles. The second kappa shape index (κ2) is 6.22. The van der Waals surface area contributed by atoms with E-state index in [2.05, 4.69) is 29.4 Å². The Hall–Kier alpha value is -1.62. The maximum absolute atomic E-state index is 13.3. The number of benzene rings is 1. The van der Waals surface area contributed by atoms with Crippen LogP contribution in [0.5, 0.6) is 0 Å². The van der Waals surface area contributed by atoms with Crippen LogP contribution in [-0.4, -0.2) is 23.0 Å². The molecule has 5 heteroatoms. The third kappa shape index (κ3) is 3.70. The highest BCUT2D eigenvalue weighted by Gasteiger charge is 2.21. The second-order valence-electron chi connectivity index (χ2n) is 5.21. The highest BCUT2D eigenvalue weighted by molar-refractivity contribution is 7.98. The van der Waals surface area contributed by atoms with E-state index >= 15 is 0 Å². The molecule has 0 unspecified atom stereocenters. The number of rotatable bonds is 5. The van der Waals surface area contributed by atoms with E-state index < -0.39 is 0 Å². The number of thioether (sulfide) groups is 1. The van der Waals surface area contributed by atoms with E-state index in [0.29, 0.717) is 6.54 Å². The molecule has 0 radical (unpaired) electrons. The molecule has 1 heterocycles. The highest BCUT2D eigenvalue weighted by atomic mass is 32.2. The lowest BCUT2D eigenvalue weighted by atomic mass is 9.84. The van der Waals surface area contributed by atoms with Gasteiger partial charge in [0.1, 0.15) is 16.7 Å². The Morgan fingerprint density at radius 1 is 1.20 bits per heavy atom. The van der Waals surface area contributed by atoms with Crippen LogP contribution in [0.25, 0.3) is 0 Å². The summed E-state index contributed by atoms with van der Waals surface area (Å²) < 4.78 is 13.3. The molecular weight excluding hydrogens is 273 g/mol. The van der Waals surface area contributed by atoms with Gasteiger partial charge >= 0.3 is 0 Å². The zero-order valence-electron chi connectivity index (χ0n) is 11.9. The number of hydrogen-bond donors (Lipinski definition) is 1. The van der Waals surface area contributed by atoms with Crippen molar-refractivity contribution in [3.05, 3.63) is 47.8 Å². The largest absolute Gasteiger partial charge is 0.368 e. The first-order chi connectivity index (χ1) is 9.51. The van der Waals surface area contributed by atoms with Crippen molar-refractivity contribution in [1.82, 2.24) is 10.2 Å². The van der Waals surface area contributed by atoms with Crippen molar-refractivity contribution in [2.45, 2.75) is 24.3 Å². The lowest BCUT2D eigenvalue weighted by molar-refractivity contribution is 0.545. The number of anilines is 1. The highest BCUT2D eigenvalue weighted by Crippen LogP contribution is 2.24. The minimum absolute atomic E-state index is 0.193. The standard InChI is InChI=1S/C15H18FN3S/c1-15(2,11-5-4-6-12(16)9-11)10-17-13-7-8-14(20-3)19-18-13/h4-9H,10H2,1-3H3,(H,17,18). The van der Waals surface area contributed by atoms with Crippen molar-refractivity contribution in [3.63, 3.8) is 0 Å². The second-order valence-corrected chi connectivity index (χ2v) is 6.04. The average molecular weight is 291 g/mol. The van der Waals surface area contributed by atoms with E-state index in [-0.39, 0.29) is 11.2 Å². The van der Waals surface area contributed by atoms with E-state index in [1.807, 2.05) is 24.5 Å². The summed E-state index contributed by atoms with van der Waals surface area (Å²) in [7, 11) is 0. The van der Waals surface area contributed by atoms with Crippen molar-refractivity contribution >= 4 is 17.6 Å². The molecule has 0 spiro atoms. The van der Waals surface area contributed by atoms with Crippen LogP contribution in [0.4, 0.5) is 10.2 Å². The van der Waals surface area contributed by atoms with E-state index in [0.717, 1.165) is 16.4 Å². The first-order valence-corrected chi connectivity index (χ1v) is 7.61. The van der Waals surface area contributed by atoms with Gasteiger partial charge < -0.3 is 5.32 Å². The molecule has 0 saturated heterocycles. The fourth-order valence-corrected chi connectivity index (χ4v) is 2.17. The number of nitrogens with zero attached hydrogens (tertiary/aromatic N) is 2. The van der Waals surface area contributed by atoms with Crippen molar-refractivity contribution in [2.24, 2.45) is 0 Å². The minimum atomic E-state index is -0.209. The summed E-state index contributed by atoms with van der Waals surface area (Å²) >= 11 is 1.56. The number of nitrogens with one attached hydrogen (secondary N) is 1. The van der Waals surface area contributed by atoms with E-state index in [1.165, 1.54) is 6.07 Å². The van der Waals surface area contributed by atoms with Crippen LogP contribution in [0.2, 0.25) is 0 Å². The van der Waals surface area contributed by atoms with Gasteiger partial charge in [-0.1, -0.05) is 26.0 Å². The molecule has 0 fully saturated rings. The SMILES string of the molecule is CSc1ccc(NCC(C)(C)c2cccc(F)c2)nn1. The zero-order valence-corrected chi connectivity index (χ0v) is 12.7. The van der Waals surface area contributed by atoms with Crippen LogP contribution in [0.3, 0.4) is 0 Å². The van der Waals surface area contributed by atoms with Gasteiger partial charge in [-0.15, -0.1) is 22.0 Å². The Balaban J connectivity index is 2.04. The Morgan fingerprint density at radius 2 is 2.00 bits per heavy atom. The molecule has 1 aromatic carbocycles. The Labute approximate surface area is 123 Å². The third-order valence-corrected chi connectivity index (χ3v) is 3.80. The van der Waals surface area contributed by atoms with Crippen LogP contribution in [0.1, 0.15) is 19.4 Å². The number of hydrogen-bond acceptors (Lipinski definition) is 4. The van der Waals surface area contributed by atoms with Gasteiger partial charge in [0.15, 0.2) is 0 Å². The smallest absolute Gasteiger partial charge is 0.148 e. The van der Waals surface area contributed by atoms with Gasteiger partial charge in [-0.3, -0.25) is 0 Å². The minimum Gasteiger partial charge on any atom is -0.368 e. The van der Waals surface area contributed by atoms with Crippen molar-refractivity contribution in [3.8, 4) is 0 Å². The summed E-state index contributed by atoms with van der Waals surface area (Å²) in [6.45, 7) is 4.79. The predicted molar refractivity (Wildman–Crippen MR) is 81.7 cm³/mol. The molecule has 2 rings (SSSR count). The van der Waals surface area contributed by atoms with Crippen LogP contribution in [0.15, 0.2) is 41.4 Å². The molecule has 3 nitrogen and oxygen atoms in total. The van der Waals surface area contributed by atoms with Crippen molar-refractivity contribution < 1.29 is 4.39 Å². The molecule has 0 bridgehead atoms. The average Bonchev–Trinajstić information content (AvgIpc) is 2.46. The van der Waals surface area contributed by atoms with E-state index in [1.54, 1.807) is 23.9 Å². The Bertz CT molecular complexity index is 570. The van der Waals surface area contributed by atoms with Gasteiger partial charge in [-0.05, 0) is 36.1 Å². The quantitative estimate of drug-likeness (QED) is 0.852. The molecule has 0 atom stereocenters. The first-order valence-electron chi connectivity index (χ1n) is 6.39. The van der Waals surface area contributed by atoms with Crippen LogP contribution in [0, 0.1) is 5.82 Å². The third-order valence-electron chi connectivity index (χ3n) is 3.17. The molecule has 20 heavy (non-hydrogen) atoms. The summed E-state index contributed by atoms with van der Waals surface area (Å²) in [6.07, 6.45) is 1.96. The zero-order chi connectivity index (χ0) is 14.6. The molecule has 0 saturated carbocycles.